The van der Waals surface area contributed by atoms with Gasteiger partial charge in [-0.3, -0.25) is 4.57 Å². The normalized spacial score (nSPS) is 10.2. The fraction of sp³-hybridized carbons (Fsp3) is 0.250. The summed E-state index contributed by atoms with van der Waals surface area (Å²) in [4.78, 5) is 12.1. The molecular weight excluding hydrogens is 266 g/mol. The van der Waals surface area contributed by atoms with Crippen molar-refractivity contribution in [3.63, 3.8) is 0 Å². The first kappa shape index (κ1) is 14.7. The molecule has 0 unspecified atom stereocenters. The average Bonchev–Trinajstić information content (AvgIpc) is 2.71. The molecule has 0 bridgehead atoms. The van der Waals surface area contributed by atoms with E-state index in [2.05, 4.69) is 0 Å². The molecule has 0 amide bonds. The molecule has 0 atom stereocenters. The van der Waals surface area contributed by atoms with Gasteiger partial charge in [0.05, 0.1) is 6.61 Å². The number of esters is 1. The molecule has 2 N–H and O–H groups in total. The first-order chi connectivity index (χ1) is 10.0. The Morgan fingerprint density at radius 3 is 2.48 bits per heavy atom. The summed E-state index contributed by atoms with van der Waals surface area (Å²) >= 11 is 0. The molecule has 0 fully saturated rings. The second-order valence-electron chi connectivity index (χ2n) is 4.72. The number of carbonyl (C=O) groups excluding carboxylic acids is 1. The van der Waals surface area contributed by atoms with E-state index < -0.39 is 5.97 Å². The molecule has 0 aliphatic carbocycles. The Labute approximate surface area is 123 Å². The Kier molecular flexibility index (Phi) is 3.99. The van der Waals surface area contributed by atoms with Crippen LogP contribution in [0, 0.1) is 25.2 Å². The molecule has 108 valence electrons. The third-order valence-corrected chi connectivity index (χ3v) is 3.33. The van der Waals surface area contributed by atoms with Crippen molar-refractivity contribution in [2.45, 2.75) is 20.8 Å². The zero-order valence-electron chi connectivity index (χ0n) is 12.3. The maximum atomic E-state index is 12.1. The summed E-state index contributed by atoms with van der Waals surface area (Å²) in [5.74, 6) is -0.272. The lowest BCUT2D eigenvalue weighted by molar-refractivity contribution is 0.0525. The standard InChI is InChI=1S/C16H17N3O2/c1-4-21-16(20)14-11(3)19(15(18)13(14)9-17)12-7-5-10(2)6-8-12/h5-8H,4,18H2,1-3H3. The van der Waals surface area contributed by atoms with E-state index in [1.807, 2.05) is 37.3 Å². The van der Waals surface area contributed by atoms with Crippen molar-refractivity contribution in [1.29, 1.82) is 5.26 Å². The number of rotatable bonds is 3. The van der Waals surface area contributed by atoms with Gasteiger partial charge in [0, 0.05) is 11.4 Å². The van der Waals surface area contributed by atoms with Crippen LogP contribution < -0.4 is 5.73 Å². The smallest absolute Gasteiger partial charge is 0.341 e. The molecule has 0 spiro atoms. The Morgan fingerprint density at radius 2 is 1.95 bits per heavy atom. The van der Waals surface area contributed by atoms with Crippen molar-refractivity contribution in [1.82, 2.24) is 4.57 Å². The molecule has 0 saturated heterocycles. The number of nitriles is 1. The summed E-state index contributed by atoms with van der Waals surface area (Å²) < 4.78 is 6.71. The molecule has 5 nitrogen and oxygen atoms in total. The van der Waals surface area contributed by atoms with Gasteiger partial charge < -0.3 is 10.5 Å². The van der Waals surface area contributed by atoms with E-state index >= 15 is 0 Å². The fourth-order valence-corrected chi connectivity index (χ4v) is 2.31. The molecule has 21 heavy (non-hydrogen) atoms. The topological polar surface area (TPSA) is 81.0 Å². The number of nitrogens with zero attached hydrogens (tertiary/aromatic N) is 2. The number of benzene rings is 1. The quantitative estimate of drug-likeness (QED) is 0.878. The molecule has 0 saturated carbocycles. The van der Waals surface area contributed by atoms with Crippen LogP contribution in [0.2, 0.25) is 0 Å². The first-order valence-corrected chi connectivity index (χ1v) is 6.66. The molecule has 2 rings (SSSR count). The molecule has 2 aromatic rings. The highest BCUT2D eigenvalue weighted by molar-refractivity contribution is 5.96. The molecule has 5 heteroatoms. The average molecular weight is 283 g/mol. The van der Waals surface area contributed by atoms with Crippen molar-refractivity contribution in [2.75, 3.05) is 12.3 Å². The van der Waals surface area contributed by atoms with Crippen LogP contribution in [0.4, 0.5) is 5.82 Å². The lowest BCUT2D eigenvalue weighted by Gasteiger charge is -2.09. The summed E-state index contributed by atoms with van der Waals surface area (Å²) in [7, 11) is 0. The van der Waals surface area contributed by atoms with E-state index in [0.29, 0.717) is 5.69 Å². The summed E-state index contributed by atoms with van der Waals surface area (Å²) in [6.45, 7) is 5.71. The van der Waals surface area contributed by atoms with Crippen molar-refractivity contribution >= 4 is 11.8 Å². The lowest BCUT2D eigenvalue weighted by Crippen LogP contribution is -2.08. The Balaban J connectivity index is 2.66. The van der Waals surface area contributed by atoms with Gasteiger partial charge in [0.2, 0.25) is 0 Å². The highest BCUT2D eigenvalue weighted by Crippen LogP contribution is 2.29. The van der Waals surface area contributed by atoms with E-state index in [1.54, 1.807) is 18.4 Å². The Bertz CT molecular complexity index is 721. The van der Waals surface area contributed by atoms with Crippen LogP contribution in [-0.4, -0.2) is 17.1 Å². The molecule has 0 radical (unpaired) electrons. The zero-order valence-corrected chi connectivity index (χ0v) is 12.3. The number of aromatic nitrogens is 1. The summed E-state index contributed by atoms with van der Waals surface area (Å²) in [6, 6.07) is 9.69. The van der Waals surface area contributed by atoms with Crippen LogP contribution in [-0.2, 0) is 4.74 Å². The van der Waals surface area contributed by atoms with Crippen LogP contribution in [0.3, 0.4) is 0 Å². The number of nitrogens with two attached hydrogens (primary N) is 1. The van der Waals surface area contributed by atoms with Crippen LogP contribution in [0.1, 0.15) is 34.1 Å². The van der Waals surface area contributed by atoms with Crippen LogP contribution >= 0.6 is 0 Å². The van der Waals surface area contributed by atoms with E-state index in [0.717, 1.165) is 11.3 Å². The third kappa shape index (κ3) is 2.48. The number of hydrogen-bond donors (Lipinski definition) is 1. The maximum absolute atomic E-state index is 12.1. The number of anilines is 1. The van der Waals surface area contributed by atoms with Gasteiger partial charge in [-0.25, -0.2) is 4.79 Å². The zero-order chi connectivity index (χ0) is 15.6. The minimum absolute atomic E-state index is 0.159. The number of nitrogen functional groups attached to an aromatic ring is 1. The monoisotopic (exact) mass is 283 g/mol. The van der Waals surface area contributed by atoms with Crippen molar-refractivity contribution < 1.29 is 9.53 Å². The maximum Gasteiger partial charge on any atom is 0.341 e. The molecule has 1 aromatic carbocycles. The molecule has 0 aliphatic heterocycles. The second-order valence-corrected chi connectivity index (χ2v) is 4.72. The van der Waals surface area contributed by atoms with E-state index in [9.17, 15) is 10.1 Å². The number of aryl methyl sites for hydroxylation is 1. The number of ether oxygens (including phenoxy) is 1. The molecule has 1 heterocycles. The summed E-state index contributed by atoms with van der Waals surface area (Å²) in [5, 5.41) is 9.29. The predicted molar refractivity (Wildman–Crippen MR) is 80.3 cm³/mol. The minimum atomic E-state index is -0.524. The fourth-order valence-electron chi connectivity index (χ4n) is 2.31. The third-order valence-electron chi connectivity index (χ3n) is 3.33. The van der Waals surface area contributed by atoms with Crippen molar-refractivity contribution in [3.8, 4) is 11.8 Å². The Hall–Kier alpha value is -2.74. The number of hydrogen-bond acceptors (Lipinski definition) is 4. The molecule has 0 aliphatic rings. The largest absolute Gasteiger partial charge is 0.462 e. The van der Waals surface area contributed by atoms with Gasteiger partial charge in [-0.1, -0.05) is 17.7 Å². The van der Waals surface area contributed by atoms with Gasteiger partial charge in [0.15, 0.2) is 0 Å². The van der Waals surface area contributed by atoms with Crippen LogP contribution in [0.15, 0.2) is 24.3 Å². The van der Waals surface area contributed by atoms with E-state index in [1.165, 1.54) is 0 Å². The molecule has 1 aromatic heterocycles. The second kappa shape index (κ2) is 5.71. The van der Waals surface area contributed by atoms with Gasteiger partial charge in [-0.2, -0.15) is 5.26 Å². The van der Waals surface area contributed by atoms with Gasteiger partial charge in [0.1, 0.15) is 23.0 Å². The van der Waals surface area contributed by atoms with Gasteiger partial charge in [0.25, 0.3) is 0 Å². The highest BCUT2D eigenvalue weighted by Gasteiger charge is 2.25. The van der Waals surface area contributed by atoms with Crippen molar-refractivity contribution in [2.24, 2.45) is 0 Å². The van der Waals surface area contributed by atoms with E-state index in [4.69, 9.17) is 10.5 Å². The minimum Gasteiger partial charge on any atom is -0.462 e. The highest BCUT2D eigenvalue weighted by atomic mass is 16.5. The first-order valence-electron chi connectivity index (χ1n) is 6.66. The summed E-state index contributed by atoms with van der Waals surface area (Å²) in [5.41, 5.74) is 8.97. The van der Waals surface area contributed by atoms with E-state index in [-0.39, 0.29) is 23.6 Å². The van der Waals surface area contributed by atoms with Gasteiger partial charge >= 0.3 is 5.97 Å². The summed E-state index contributed by atoms with van der Waals surface area (Å²) in [6.07, 6.45) is 0. The van der Waals surface area contributed by atoms with Crippen molar-refractivity contribution in [3.05, 3.63) is 46.6 Å². The van der Waals surface area contributed by atoms with Gasteiger partial charge in [-0.05, 0) is 32.9 Å². The van der Waals surface area contributed by atoms with Gasteiger partial charge in [-0.15, -0.1) is 0 Å². The van der Waals surface area contributed by atoms with Crippen LogP contribution in [0.5, 0.6) is 0 Å². The molecular formula is C16H17N3O2. The predicted octanol–water partition coefficient (Wildman–Crippen LogP) is 2.72. The van der Waals surface area contributed by atoms with Crippen LogP contribution in [0.25, 0.3) is 5.69 Å². The lowest BCUT2D eigenvalue weighted by atomic mass is 10.1. The Morgan fingerprint density at radius 1 is 1.33 bits per heavy atom. The number of carbonyl (C=O) groups is 1. The SMILES string of the molecule is CCOC(=O)c1c(C#N)c(N)n(-c2ccc(C)cc2)c1C.